The number of rotatable bonds is 10. The second kappa shape index (κ2) is 10.2. The Kier molecular flexibility index (Phi) is 9.80. The molecule has 0 saturated heterocycles. The summed E-state index contributed by atoms with van der Waals surface area (Å²) in [6.45, 7) is 11.5. The van der Waals surface area contributed by atoms with Gasteiger partial charge >= 0.3 is 155 Å². The van der Waals surface area contributed by atoms with Gasteiger partial charge in [-0.05, 0) is 0 Å². The average molecular weight is 466 g/mol. The van der Waals surface area contributed by atoms with E-state index in [2.05, 4.69) is 43.7 Å². The molecule has 0 unspecified atom stereocenters. The van der Waals surface area contributed by atoms with Gasteiger partial charge in [0.15, 0.2) is 0 Å². The first-order chi connectivity index (χ1) is 10.7. The van der Waals surface area contributed by atoms with E-state index >= 15 is 0 Å². The first-order valence-electron chi connectivity index (χ1n) is 9.84. The molecule has 0 heterocycles. The van der Waals surface area contributed by atoms with Gasteiger partial charge < -0.3 is 0 Å². The molecule has 136 valence electrons. The van der Waals surface area contributed by atoms with Crippen LogP contribution in [0.3, 0.4) is 0 Å². The number of unbranched alkanes of at least 4 members (excludes halogenated alkanes) is 2. The number of halogens is 1. The Morgan fingerprint density at radius 2 is 1.52 bits per heavy atom. The topological polar surface area (TPSA) is 9.23 Å². The molecule has 0 aliphatic heterocycles. The molecule has 0 aromatic rings. The average Bonchev–Trinajstić information content (AvgIpc) is 2.49. The van der Waals surface area contributed by atoms with Crippen LogP contribution in [0.2, 0.25) is 28.5 Å². The fraction of sp³-hybridized carbons (Fsp3) is 0.895. The minimum absolute atomic E-state index is 0.0121. The Balaban J connectivity index is 2.89. The second-order valence-corrected chi connectivity index (χ2v) is 27.6. The van der Waals surface area contributed by atoms with E-state index in [0.29, 0.717) is 0 Å². The van der Waals surface area contributed by atoms with Crippen LogP contribution in [0.15, 0.2) is 10.2 Å². The van der Waals surface area contributed by atoms with E-state index in [0.717, 1.165) is 0 Å². The molecule has 1 aliphatic rings. The first-order valence-corrected chi connectivity index (χ1v) is 22.5. The molecule has 1 saturated carbocycles. The van der Waals surface area contributed by atoms with Crippen molar-refractivity contribution < 1.29 is 4.43 Å². The van der Waals surface area contributed by atoms with Crippen molar-refractivity contribution in [1.82, 2.24) is 0 Å². The van der Waals surface area contributed by atoms with Crippen LogP contribution in [0.25, 0.3) is 0 Å². The quantitative estimate of drug-likeness (QED) is 0.305. The maximum atomic E-state index is 7.23. The molecule has 1 rings (SSSR count). The van der Waals surface area contributed by atoms with Crippen molar-refractivity contribution in [2.75, 3.05) is 0 Å². The van der Waals surface area contributed by atoms with Crippen LogP contribution in [-0.4, -0.2) is 31.2 Å². The van der Waals surface area contributed by atoms with Crippen LogP contribution >= 0.6 is 8.92 Å². The molecule has 1 nitrogen and oxygen atoms in total. The summed E-state index contributed by atoms with van der Waals surface area (Å²) >= 11 is -2.59. The zero-order valence-electron chi connectivity index (χ0n) is 16.2. The summed E-state index contributed by atoms with van der Waals surface area (Å²) < 4.78 is 11.8. The van der Waals surface area contributed by atoms with Gasteiger partial charge in [0.25, 0.3) is 0 Å². The van der Waals surface area contributed by atoms with Crippen molar-refractivity contribution in [3.8, 4) is 0 Å². The van der Waals surface area contributed by atoms with Gasteiger partial charge in [0.2, 0.25) is 0 Å². The van der Waals surface area contributed by atoms with Gasteiger partial charge in [0.05, 0.1) is 0 Å². The van der Waals surface area contributed by atoms with Crippen molar-refractivity contribution in [3.63, 3.8) is 0 Å². The summed E-state index contributed by atoms with van der Waals surface area (Å²) in [6.07, 6.45) is 14.0. The van der Waals surface area contributed by atoms with E-state index in [1.54, 1.807) is 0 Å². The fourth-order valence-electron chi connectivity index (χ4n) is 3.60. The van der Waals surface area contributed by atoms with Crippen molar-refractivity contribution in [2.45, 2.75) is 106 Å². The zero-order chi connectivity index (χ0) is 17.4. The van der Waals surface area contributed by atoms with E-state index in [-0.39, 0.29) is 5.60 Å². The van der Waals surface area contributed by atoms with Gasteiger partial charge in [-0.25, -0.2) is 0 Å². The van der Waals surface area contributed by atoms with Gasteiger partial charge in [-0.3, -0.25) is 0 Å². The van der Waals surface area contributed by atoms with Crippen LogP contribution in [0.4, 0.5) is 0 Å². The SMILES string of the molecule is CCC[CH2][Sn]([Cl])(/[CH]=C/C1(O[Si](C)(C)C)CCCCC1)[CH2]CCC. The predicted octanol–water partition coefficient (Wildman–Crippen LogP) is 7.42. The van der Waals surface area contributed by atoms with E-state index in [1.807, 2.05) is 0 Å². The standard InChI is InChI=1S/C11H21OSi.2C4H9.ClH.Sn/c1-5-11(12-13(2,3)4)9-7-6-8-10-11;2*1-3-4-2;;/h1,5H,6-10H2,2-4H3;2*1,3-4H2,2H3;1H;/q;;;;+1/p-1. The summed E-state index contributed by atoms with van der Waals surface area (Å²) in [6, 6.07) is 0. The Hall–Kier alpha value is 1.01. The number of hydrogen-bond acceptors (Lipinski definition) is 1. The molecular weight excluding hydrogens is 426 g/mol. The molecule has 1 aliphatic carbocycles. The van der Waals surface area contributed by atoms with Crippen molar-refractivity contribution in [1.29, 1.82) is 0 Å². The van der Waals surface area contributed by atoms with Gasteiger partial charge in [-0.2, -0.15) is 0 Å². The molecule has 0 amide bonds. The van der Waals surface area contributed by atoms with Gasteiger partial charge in [-0.15, -0.1) is 0 Å². The van der Waals surface area contributed by atoms with E-state index in [4.69, 9.17) is 13.3 Å². The predicted molar refractivity (Wildman–Crippen MR) is 110 cm³/mol. The third-order valence-electron chi connectivity index (χ3n) is 4.79. The van der Waals surface area contributed by atoms with Crippen LogP contribution in [0.1, 0.15) is 71.6 Å². The first kappa shape index (κ1) is 22.0. The van der Waals surface area contributed by atoms with E-state index in [1.165, 1.54) is 66.7 Å². The van der Waals surface area contributed by atoms with Crippen LogP contribution in [0.5, 0.6) is 0 Å². The van der Waals surface area contributed by atoms with Gasteiger partial charge in [-0.1, -0.05) is 0 Å². The van der Waals surface area contributed by atoms with Gasteiger partial charge in [0, 0.05) is 0 Å². The summed E-state index contributed by atoms with van der Waals surface area (Å²) in [5.41, 5.74) is 0.0121. The molecule has 0 aromatic heterocycles. The monoisotopic (exact) mass is 466 g/mol. The maximum absolute atomic E-state index is 7.23. The third-order valence-corrected chi connectivity index (χ3v) is 18.1. The summed E-state index contributed by atoms with van der Waals surface area (Å²) in [5.74, 6) is 0. The van der Waals surface area contributed by atoms with Gasteiger partial charge in [0.1, 0.15) is 0 Å². The Morgan fingerprint density at radius 1 is 1.00 bits per heavy atom. The normalized spacial score (nSPS) is 19.4. The Morgan fingerprint density at radius 3 is 1.96 bits per heavy atom. The summed E-state index contributed by atoms with van der Waals surface area (Å²) in [5, 5.41) is 0. The van der Waals surface area contributed by atoms with Crippen LogP contribution in [-0.2, 0) is 4.43 Å². The Labute approximate surface area is 154 Å². The van der Waals surface area contributed by atoms with Crippen molar-refractivity contribution >= 4 is 34.5 Å². The van der Waals surface area contributed by atoms with Crippen LogP contribution in [0, 0.1) is 0 Å². The molecule has 0 atom stereocenters. The molecule has 1 fully saturated rings. The zero-order valence-corrected chi connectivity index (χ0v) is 20.8. The molecular formula is C19H39ClOSiSn. The fourth-order valence-corrected chi connectivity index (χ4v) is 16.1. The van der Waals surface area contributed by atoms with Crippen LogP contribution < -0.4 is 0 Å². The summed E-state index contributed by atoms with van der Waals surface area (Å²) in [7, 11) is 5.69. The molecule has 0 N–H and O–H groups in total. The summed E-state index contributed by atoms with van der Waals surface area (Å²) in [4.78, 5) is 0. The molecule has 0 bridgehead atoms. The minimum atomic E-state index is -2.59. The molecule has 0 radical (unpaired) electrons. The third kappa shape index (κ3) is 8.78. The molecule has 4 heteroatoms. The van der Waals surface area contributed by atoms with Crippen molar-refractivity contribution in [3.05, 3.63) is 10.2 Å². The number of hydrogen-bond donors (Lipinski definition) is 0. The Bertz CT molecular complexity index is 351. The van der Waals surface area contributed by atoms with E-state index < -0.39 is 25.6 Å². The van der Waals surface area contributed by atoms with Crippen molar-refractivity contribution in [2.24, 2.45) is 0 Å². The molecule has 0 aromatic carbocycles. The van der Waals surface area contributed by atoms with E-state index in [9.17, 15) is 0 Å². The molecule has 23 heavy (non-hydrogen) atoms. The second-order valence-electron chi connectivity index (χ2n) is 8.41. The molecule has 0 spiro atoms.